The highest BCUT2D eigenvalue weighted by molar-refractivity contribution is 5.46. The summed E-state index contributed by atoms with van der Waals surface area (Å²) in [7, 11) is 2.01. The normalized spacial score (nSPS) is 11.1. The molecule has 0 radical (unpaired) electrons. The van der Waals surface area contributed by atoms with Crippen LogP contribution in [0.1, 0.15) is 49.6 Å². The van der Waals surface area contributed by atoms with Crippen molar-refractivity contribution in [2.45, 2.75) is 40.0 Å². The number of hydrogen-bond acceptors (Lipinski definition) is 4. The molecule has 0 atom stereocenters. The molecule has 0 aromatic carbocycles. The molecule has 0 bridgehead atoms. The van der Waals surface area contributed by atoms with Crippen LogP contribution in [0.15, 0.2) is 12.4 Å². The van der Waals surface area contributed by atoms with E-state index in [4.69, 9.17) is 4.98 Å². The Labute approximate surface area is 120 Å². The van der Waals surface area contributed by atoms with E-state index in [1.54, 1.807) is 0 Å². The van der Waals surface area contributed by atoms with Gasteiger partial charge >= 0.3 is 0 Å². The van der Waals surface area contributed by atoms with Crippen molar-refractivity contribution in [1.29, 1.82) is 0 Å². The van der Waals surface area contributed by atoms with E-state index in [0.717, 1.165) is 41.7 Å². The van der Waals surface area contributed by atoms with Crippen molar-refractivity contribution in [2.24, 2.45) is 7.05 Å². The minimum Gasteiger partial charge on any atom is -0.370 e. The highest BCUT2D eigenvalue weighted by Crippen LogP contribution is 2.21. The third kappa shape index (κ3) is 2.98. The maximum atomic E-state index is 4.73. The van der Waals surface area contributed by atoms with E-state index < -0.39 is 0 Å². The van der Waals surface area contributed by atoms with Crippen molar-refractivity contribution in [3.8, 4) is 0 Å². The molecule has 0 spiro atoms. The van der Waals surface area contributed by atoms with Crippen molar-refractivity contribution in [3.63, 3.8) is 0 Å². The molecule has 108 valence electrons. The molecule has 2 heterocycles. The fourth-order valence-corrected chi connectivity index (χ4v) is 2.07. The van der Waals surface area contributed by atoms with Crippen LogP contribution >= 0.6 is 0 Å². The molecule has 0 aliphatic heterocycles. The van der Waals surface area contributed by atoms with Gasteiger partial charge in [-0.25, -0.2) is 15.0 Å². The summed E-state index contributed by atoms with van der Waals surface area (Å²) in [5.41, 5.74) is 2.16. The van der Waals surface area contributed by atoms with E-state index in [-0.39, 0.29) is 0 Å². The SMILES string of the molecule is CCNc1nc(C(C)C)nc(Cc2nccn2C)c1C. The van der Waals surface area contributed by atoms with Crippen molar-refractivity contribution < 1.29 is 0 Å². The Morgan fingerprint density at radius 2 is 2.05 bits per heavy atom. The molecule has 2 aromatic heterocycles. The number of nitrogens with zero attached hydrogens (tertiary/aromatic N) is 4. The second kappa shape index (κ2) is 6.03. The van der Waals surface area contributed by atoms with Crippen LogP contribution in [-0.2, 0) is 13.5 Å². The first-order valence-corrected chi connectivity index (χ1v) is 7.10. The van der Waals surface area contributed by atoms with Gasteiger partial charge < -0.3 is 9.88 Å². The molecule has 0 amide bonds. The minimum absolute atomic E-state index is 0.313. The van der Waals surface area contributed by atoms with Gasteiger partial charge in [0.1, 0.15) is 17.5 Å². The lowest BCUT2D eigenvalue weighted by atomic mass is 10.1. The lowest BCUT2D eigenvalue weighted by Crippen LogP contribution is -2.12. The van der Waals surface area contributed by atoms with Crippen molar-refractivity contribution in [1.82, 2.24) is 19.5 Å². The fraction of sp³-hybridized carbons (Fsp3) is 0.533. The van der Waals surface area contributed by atoms with Gasteiger partial charge in [0.2, 0.25) is 0 Å². The van der Waals surface area contributed by atoms with Crippen LogP contribution in [0.5, 0.6) is 0 Å². The van der Waals surface area contributed by atoms with Crippen molar-refractivity contribution in [3.05, 3.63) is 35.3 Å². The van der Waals surface area contributed by atoms with Crippen LogP contribution in [0.4, 0.5) is 5.82 Å². The van der Waals surface area contributed by atoms with E-state index >= 15 is 0 Å². The largest absolute Gasteiger partial charge is 0.370 e. The lowest BCUT2D eigenvalue weighted by molar-refractivity contribution is 0.743. The third-order valence-corrected chi connectivity index (χ3v) is 3.37. The Morgan fingerprint density at radius 1 is 1.30 bits per heavy atom. The molecule has 0 saturated heterocycles. The first-order valence-electron chi connectivity index (χ1n) is 7.10. The van der Waals surface area contributed by atoms with Gasteiger partial charge in [0.05, 0.1) is 5.69 Å². The zero-order valence-electron chi connectivity index (χ0n) is 12.9. The predicted octanol–water partition coefficient (Wildman–Crippen LogP) is 2.66. The summed E-state index contributed by atoms with van der Waals surface area (Å²) in [6, 6.07) is 0. The Kier molecular flexibility index (Phi) is 4.37. The van der Waals surface area contributed by atoms with Crippen LogP contribution < -0.4 is 5.32 Å². The Balaban J connectivity index is 2.42. The third-order valence-electron chi connectivity index (χ3n) is 3.37. The number of rotatable bonds is 5. The highest BCUT2D eigenvalue weighted by Gasteiger charge is 2.14. The first kappa shape index (κ1) is 14.5. The average molecular weight is 273 g/mol. The van der Waals surface area contributed by atoms with Crippen LogP contribution in [-0.4, -0.2) is 26.1 Å². The standard InChI is InChI=1S/C15H23N5/c1-6-16-15-11(4)12(18-14(19-15)10(2)3)9-13-17-7-8-20(13)5/h7-8,10H,6,9H2,1-5H3,(H,16,18,19). The van der Waals surface area contributed by atoms with Gasteiger partial charge in [0, 0.05) is 43.9 Å². The quantitative estimate of drug-likeness (QED) is 0.910. The van der Waals surface area contributed by atoms with E-state index in [1.165, 1.54) is 0 Å². The number of aromatic nitrogens is 4. The Morgan fingerprint density at radius 3 is 2.60 bits per heavy atom. The van der Waals surface area contributed by atoms with E-state index in [2.05, 4.69) is 43.0 Å². The second-order valence-corrected chi connectivity index (χ2v) is 5.32. The lowest BCUT2D eigenvalue weighted by Gasteiger charge is -2.14. The van der Waals surface area contributed by atoms with Gasteiger partial charge in [0.25, 0.3) is 0 Å². The molecule has 0 fully saturated rings. The van der Waals surface area contributed by atoms with E-state index in [0.29, 0.717) is 5.92 Å². The molecule has 5 nitrogen and oxygen atoms in total. The van der Waals surface area contributed by atoms with Gasteiger partial charge in [0.15, 0.2) is 0 Å². The zero-order valence-corrected chi connectivity index (χ0v) is 12.9. The molecule has 0 aliphatic rings. The maximum absolute atomic E-state index is 4.73. The summed E-state index contributed by atoms with van der Waals surface area (Å²) in [4.78, 5) is 13.7. The zero-order chi connectivity index (χ0) is 14.7. The number of nitrogens with one attached hydrogen (secondary N) is 1. The van der Waals surface area contributed by atoms with Crippen LogP contribution in [0, 0.1) is 6.92 Å². The molecular formula is C15H23N5. The summed E-state index contributed by atoms with van der Waals surface area (Å²) in [5.74, 6) is 3.16. The van der Waals surface area contributed by atoms with E-state index in [9.17, 15) is 0 Å². The highest BCUT2D eigenvalue weighted by atomic mass is 15.1. The molecule has 2 aromatic rings. The number of aryl methyl sites for hydroxylation is 1. The summed E-state index contributed by atoms with van der Waals surface area (Å²) < 4.78 is 2.03. The van der Waals surface area contributed by atoms with Gasteiger partial charge in [-0.1, -0.05) is 13.8 Å². The molecule has 1 N–H and O–H groups in total. The fourth-order valence-electron chi connectivity index (χ4n) is 2.07. The molecule has 0 unspecified atom stereocenters. The van der Waals surface area contributed by atoms with Crippen LogP contribution in [0.3, 0.4) is 0 Å². The predicted molar refractivity (Wildman–Crippen MR) is 81.0 cm³/mol. The van der Waals surface area contributed by atoms with Crippen LogP contribution in [0.25, 0.3) is 0 Å². The Hall–Kier alpha value is -1.91. The van der Waals surface area contributed by atoms with Crippen molar-refractivity contribution >= 4 is 5.82 Å². The van der Waals surface area contributed by atoms with Gasteiger partial charge in [-0.2, -0.15) is 0 Å². The average Bonchev–Trinajstić information content (AvgIpc) is 2.79. The van der Waals surface area contributed by atoms with Gasteiger partial charge in [-0.3, -0.25) is 0 Å². The summed E-state index contributed by atoms with van der Waals surface area (Å²) >= 11 is 0. The van der Waals surface area contributed by atoms with Gasteiger partial charge in [-0.15, -0.1) is 0 Å². The smallest absolute Gasteiger partial charge is 0.133 e. The van der Waals surface area contributed by atoms with Crippen molar-refractivity contribution in [2.75, 3.05) is 11.9 Å². The van der Waals surface area contributed by atoms with Crippen LogP contribution in [0.2, 0.25) is 0 Å². The van der Waals surface area contributed by atoms with E-state index in [1.807, 2.05) is 24.0 Å². The summed E-state index contributed by atoms with van der Waals surface area (Å²) in [5, 5.41) is 3.33. The minimum atomic E-state index is 0.313. The monoisotopic (exact) mass is 273 g/mol. The summed E-state index contributed by atoms with van der Waals surface area (Å²) in [6.45, 7) is 9.24. The number of imidazole rings is 1. The molecule has 2 rings (SSSR count). The number of anilines is 1. The molecule has 5 heteroatoms. The molecule has 0 saturated carbocycles. The molecular weight excluding hydrogens is 250 g/mol. The second-order valence-electron chi connectivity index (χ2n) is 5.32. The topological polar surface area (TPSA) is 55.6 Å². The maximum Gasteiger partial charge on any atom is 0.133 e. The van der Waals surface area contributed by atoms with Gasteiger partial charge in [-0.05, 0) is 13.8 Å². The molecule has 0 aliphatic carbocycles. The molecule has 20 heavy (non-hydrogen) atoms. The first-order chi connectivity index (χ1) is 9.52. The Bertz CT molecular complexity index is 586. The summed E-state index contributed by atoms with van der Waals surface area (Å²) in [6.07, 6.45) is 4.51. The number of hydrogen-bond donors (Lipinski definition) is 1.